The third-order valence-electron chi connectivity index (χ3n) is 3.12. The van der Waals surface area contributed by atoms with Crippen LogP contribution < -0.4 is 5.73 Å². The van der Waals surface area contributed by atoms with Crippen molar-refractivity contribution in [2.24, 2.45) is 5.73 Å². The van der Waals surface area contributed by atoms with Crippen molar-refractivity contribution >= 4 is 22.4 Å². The van der Waals surface area contributed by atoms with E-state index in [9.17, 15) is 0 Å². The normalized spacial score (nSPS) is 11.2. The molecule has 0 atom stereocenters. The Morgan fingerprint density at radius 1 is 1.28 bits per heavy atom. The molecule has 3 heterocycles. The summed E-state index contributed by atoms with van der Waals surface area (Å²) in [6, 6.07) is 8.32. The summed E-state index contributed by atoms with van der Waals surface area (Å²) in [5.74, 6) is 0. The molecule has 0 aromatic carbocycles. The van der Waals surface area contributed by atoms with Gasteiger partial charge in [0.2, 0.25) is 0 Å². The van der Waals surface area contributed by atoms with E-state index >= 15 is 0 Å². The number of nitrogens with two attached hydrogens (primary N) is 1. The Hall–Kier alpha value is -1.65. The second-order valence-electron chi connectivity index (χ2n) is 4.26. The number of rotatable bonds is 4. The first-order chi connectivity index (χ1) is 8.88. The minimum Gasteiger partial charge on any atom is -0.332 e. The Morgan fingerprint density at radius 2 is 2.22 bits per heavy atom. The first-order valence-corrected chi connectivity index (χ1v) is 6.91. The second kappa shape index (κ2) is 4.92. The van der Waals surface area contributed by atoms with Crippen molar-refractivity contribution < 1.29 is 0 Å². The Bertz CT molecular complexity index is 640. The molecule has 3 aromatic rings. The van der Waals surface area contributed by atoms with E-state index in [1.54, 1.807) is 11.3 Å². The molecule has 0 saturated heterocycles. The first kappa shape index (κ1) is 11.4. The van der Waals surface area contributed by atoms with Gasteiger partial charge in [0.15, 0.2) is 0 Å². The third kappa shape index (κ3) is 2.05. The number of nitrogens with zero attached hydrogens (tertiary/aromatic N) is 2. The van der Waals surface area contributed by atoms with Crippen LogP contribution in [0.1, 0.15) is 10.4 Å². The molecular formula is C14H15N3S. The maximum absolute atomic E-state index is 5.78. The Labute approximate surface area is 110 Å². The number of pyridine rings is 1. The zero-order chi connectivity index (χ0) is 12.4. The quantitative estimate of drug-likeness (QED) is 0.781. The van der Waals surface area contributed by atoms with E-state index in [1.807, 2.05) is 12.3 Å². The largest absolute Gasteiger partial charge is 0.332 e. The third-order valence-corrected chi connectivity index (χ3v) is 4.05. The highest BCUT2D eigenvalue weighted by Gasteiger charge is 2.07. The van der Waals surface area contributed by atoms with Gasteiger partial charge in [-0.05, 0) is 35.6 Å². The zero-order valence-electron chi connectivity index (χ0n) is 10.0. The van der Waals surface area contributed by atoms with E-state index in [1.165, 1.54) is 15.8 Å². The van der Waals surface area contributed by atoms with Crippen LogP contribution in [-0.2, 0) is 19.5 Å². The summed E-state index contributed by atoms with van der Waals surface area (Å²) in [6.45, 7) is 1.52. The molecule has 0 aliphatic carbocycles. The summed E-state index contributed by atoms with van der Waals surface area (Å²) < 4.78 is 2.21. The highest BCUT2D eigenvalue weighted by molar-refractivity contribution is 7.09. The van der Waals surface area contributed by atoms with Crippen molar-refractivity contribution in [3.63, 3.8) is 0 Å². The molecule has 0 radical (unpaired) electrons. The van der Waals surface area contributed by atoms with Gasteiger partial charge in [0.25, 0.3) is 0 Å². The predicted octanol–water partition coefficient (Wildman–Crippen LogP) is 2.80. The first-order valence-electron chi connectivity index (χ1n) is 6.03. The molecule has 0 saturated carbocycles. The van der Waals surface area contributed by atoms with Gasteiger partial charge in [-0.1, -0.05) is 6.07 Å². The summed E-state index contributed by atoms with van der Waals surface area (Å²) >= 11 is 1.80. The van der Waals surface area contributed by atoms with Crippen molar-refractivity contribution in [1.29, 1.82) is 0 Å². The topological polar surface area (TPSA) is 43.8 Å². The smallest absolute Gasteiger partial charge is 0.140 e. The summed E-state index contributed by atoms with van der Waals surface area (Å²) in [5, 5.41) is 3.29. The fraction of sp³-hybridized carbons (Fsp3) is 0.214. The lowest BCUT2D eigenvalue weighted by Gasteiger charge is -2.02. The molecule has 3 rings (SSSR count). The van der Waals surface area contributed by atoms with Crippen molar-refractivity contribution in [2.45, 2.75) is 19.5 Å². The monoisotopic (exact) mass is 257 g/mol. The van der Waals surface area contributed by atoms with Crippen LogP contribution in [0, 0.1) is 0 Å². The average molecular weight is 257 g/mol. The number of hydrogen-bond acceptors (Lipinski definition) is 3. The fourth-order valence-electron chi connectivity index (χ4n) is 2.21. The molecule has 2 N–H and O–H groups in total. The summed E-state index contributed by atoms with van der Waals surface area (Å²) in [4.78, 5) is 5.87. The lowest BCUT2D eigenvalue weighted by atomic mass is 10.2. The highest BCUT2D eigenvalue weighted by Crippen LogP contribution is 2.20. The van der Waals surface area contributed by atoms with E-state index in [2.05, 4.69) is 39.3 Å². The van der Waals surface area contributed by atoms with Gasteiger partial charge in [0.05, 0.1) is 0 Å². The molecule has 0 bridgehead atoms. The van der Waals surface area contributed by atoms with E-state index in [0.29, 0.717) is 6.54 Å². The standard InChI is InChI=1S/C14H15N3S/c15-9-11-10-17(7-5-12-3-2-8-18-12)14-13(11)4-1-6-16-14/h1-4,6,8,10H,5,7,9,15H2. The molecule has 0 unspecified atom stereocenters. The van der Waals surface area contributed by atoms with Crippen LogP contribution in [0.5, 0.6) is 0 Å². The fourth-order valence-corrected chi connectivity index (χ4v) is 2.91. The molecule has 3 nitrogen and oxygen atoms in total. The van der Waals surface area contributed by atoms with Gasteiger partial charge in [0, 0.05) is 35.7 Å². The number of aromatic nitrogens is 2. The number of thiophene rings is 1. The van der Waals surface area contributed by atoms with Crippen LogP contribution in [0.2, 0.25) is 0 Å². The van der Waals surface area contributed by atoms with Crippen LogP contribution in [0.25, 0.3) is 11.0 Å². The lowest BCUT2D eigenvalue weighted by Crippen LogP contribution is -2.00. The van der Waals surface area contributed by atoms with Crippen molar-refractivity contribution in [1.82, 2.24) is 9.55 Å². The molecule has 92 valence electrons. The lowest BCUT2D eigenvalue weighted by molar-refractivity contribution is 0.719. The number of hydrogen-bond donors (Lipinski definition) is 1. The Kier molecular flexibility index (Phi) is 3.13. The highest BCUT2D eigenvalue weighted by atomic mass is 32.1. The molecule has 0 aliphatic rings. The molecule has 0 aliphatic heterocycles. The van der Waals surface area contributed by atoms with Crippen molar-refractivity contribution in [3.8, 4) is 0 Å². The summed E-state index contributed by atoms with van der Waals surface area (Å²) in [5.41, 5.74) is 7.99. The molecular weight excluding hydrogens is 242 g/mol. The Morgan fingerprint density at radius 3 is 3.00 bits per heavy atom. The predicted molar refractivity (Wildman–Crippen MR) is 75.6 cm³/mol. The molecule has 3 aromatic heterocycles. The second-order valence-corrected chi connectivity index (χ2v) is 5.29. The van der Waals surface area contributed by atoms with Crippen LogP contribution in [0.15, 0.2) is 42.0 Å². The average Bonchev–Trinajstić information content (AvgIpc) is 3.04. The van der Waals surface area contributed by atoms with Crippen LogP contribution in [-0.4, -0.2) is 9.55 Å². The van der Waals surface area contributed by atoms with Gasteiger partial charge in [-0.3, -0.25) is 0 Å². The van der Waals surface area contributed by atoms with E-state index < -0.39 is 0 Å². The van der Waals surface area contributed by atoms with Crippen LogP contribution in [0.3, 0.4) is 0 Å². The van der Waals surface area contributed by atoms with Crippen LogP contribution in [0.4, 0.5) is 0 Å². The van der Waals surface area contributed by atoms with Crippen molar-refractivity contribution in [2.75, 3.05) is 0 Å². The molecule has 4 heteroatoms. The van der Waals surface area contributed by atoms with Gasteiger partial charge in [0.1, 0.15) is 5.65 Å². The maximum atomic E-state index is 5.78. The van der Waals surface area contributed by atoms with Gasteiger partial charge < -0.3 is 10.3 Å². The van der Waals surface area contributed by atoms with Crippen LogP contribution >= 0.6 is 11.3 Å². The minimum atomic E-state index is 0.564. The van der Waals surface area contributed by atoms with Crippen molar-refractivity contribution in [3.05, 3.63) is 52.5 Å². The molecule has 0 amide bonds. The minimum absolute atomic E-state index is 0.564. The van der Waals surface area contributed by atoms with E-state index in [-0.39, 0.29) is 0 Å². The Balaban J connectivity index is 1.91. The van der Waals surface area contributed by atoms with Gasteiger partial charge in [-0.25, -0.2) is 4.98 Å². The molecule has 0 spiro atoms. The van der Waals surface area contributed by atoms with Gasteiger partial charge in [-0.15, -0.1) is 11.3 Å². The summed E-state index contributed by atoms with van der Waals surface area (Å²) in [6.07, 6.45) is 5.01. The summed E-state index contributed by atoms with van der Waals surface area (Å²) in [7, 11) is 0. The zero-order valence-corrected chi connectivity index (χ0v) is 10.9. The maximum Gasteiger partial charge on any atom is 0.140 e. The van der Waals surface area contributed by atoms with E-state index in [0.717, 1.165) is 18.6 Å². The molecule has 0 fully saturated rings. The molecule has 18 heavy (non-hydrogen) atoms. The number of aryl methyl sites for hydroxylation is 2. The van der Waals surface area contributed by atoms with Gasteiger partial charge >= 0.3 is 0 Å². The SMILES string of the molecule is NCc1cn(CCc2cccs2)c2ncccc12. The number of fused-ring (bicyclic) bond motifs is 1. The van der Waals surface area contributed by atoms with E-state index in [4.69, 9.17) is 5.73 Å². The van der Waals surface area contributed by atoms with Gasteiger partial charge in [-0.2, -0.15) is 0 Å².